The Hall–Kier alpha value is -0.670. The number of hydrogen-bond acceptors (Lipinski definition) is 3. The van der Waals surface area contributed by atoms with Gasteiger partial charge in [-0.25, -0.2) is 4.99 Å². The third-order valence-electron chi connectivity index (χ3n) is 3.54. The van der Waals surface area contributed by atoms with E-state index in [1.807, 2.05) is 24.6 Å². The molecule has 1 aromatic heterocycles. The number of halogens is 3. The maximum Gasteiger partial charge on any atom is 0.305 e. The minimum atomic E-state index is -0.155. The Morgan fingerprint density at radius 3 is 2.56 bits per heavy atom. The zero-order valence-electron chi connectivity index (χ0n) is 14.9. The van der Waals surface area contributed by atoms with Gasteiger partial charge < -0.3 is 19.9 Å². The van der Waals surface area contributed by atoms with Crippen molar-refractivity contribution >= 4 is 59.1 Å². The molecule has 0 unspecified atom stereocenters. The second-order valence-corrected chi connectivity index (χ2v) is 6.11. The molecule has 0 saturated carbocycles. The molecule has 1 aromatic rings. The number of methoxy groups -OCH3 is 1. The normalized spacial score (nSPS) is 11.0. The molecule has 0 spiro atoms. The number of esters is 1. The van der Waals surface area contributed by atoms with Gasteiger partial charge in [-0.05, 0) is 25.8 Å². The van der Waals surface area contributed by atoms with E-state index in [1.54, 1.807) is 0 Å². The van der Waals surface area contributed by atoms with E-state index >= 15 is 0 Å². The molecule has 0 aliphatic rings. The summed E-state index contributed by atoms with van der Waals surface area (Å²) in [5.74, 6) is 0.594. The Balaban J connectivity index is 0.00000576. The number of hydrogen-bond donors (Lipinski definition) is 2. The molecule has 0 bridgehead atoms. The van der Waals surface area contributed by atoms with Crippen molar-refractivity contribution in [3.8, 4) is 0 Å². The van der Waals surface area contributed by atoms with Crippen LogP contribution >= 0.6 is 47.2 Å². The van der Waals surface area contributed by atoms with Crippen LogP contribution in [0.15, 0.2) is 11.1 Å². The molecule has 25 heavy (non-hydrogen) atoms. The van der Waals surface area contributed by atoms with Gasteiger partial charge in [-0.1, -0.05) is 29.6 Å². The molecular formula is C16H27Cl2IN4O2. The largest absolute Gasteiger partial charge is 0.469 e. The number of guanidine groups is 1. The minimum absolute atomic E-state index is 0. The van der Waals surface area contributed by atoms with Crippen LogP contribution in [0.2, 0.25) is 10.2 Å². The van der Waals surface area contributed by atoms with Gasteiger partial charge >= 0.3 is 5.97 Å². The molecule has 0 aromatic carbocycles. The molecule has 0 atom stereocenters. The first-order chi connectivity index (χ1) is 11.5. The summed E-state index contributed by atoms with van der Waals surface area (Å²) in [7, 11) is 3.27. The van der Waals surface area contributed by atoms with Crippen LogP contribution in [-0.4, -0.2) is 36.7 Å². The third-order valence-corrected chi connectivity index (χ3v) is 4.38. The Kier molecular flexibility index (Phi) is 13.2. The molecule has 0 aliphatic heterocycles. The van der Waals surface area contributed by atoms with Crippen molar-refractivity contribution in [1.29, 1.82) is 0 Å². The van der Waals surface area contributed by atoms with Gasteiger partial charge in [-0.3, -0.25) is 4.79 Å². The highest BCUT2D eigenvalue weighted by molar-refractivity contribution is 14.0. The van der Waals surface area contributed by atoms with Crippen LogP contribution in [0.4, 0.5) is 0 Å². The second kappa shape index (κ2) is 13.5. The monoisotopic (exact) mass is 504 g/mol. The van der Waals surface area contributed by atoms with Gasteiger partial charge in [0.05, 0.1) is 18.7 Å². The van der Waals surface area contributed by atoms with Crippen LogP contribution in [0, 0.1) is 0 Å². The lowest BCUT2D eigenvalue weighted by molar-refractivity contribution is -0.140. The Morgan fingerprint density at radius 1 is 1.28 bits per heavy atom. The standard InChI is InChI=1S/C16H26Cl2N4O2.HI/c1-4-19-16(20-9-7-5-6-8-14(23)24-3)21-11-12-10-13(17)15(18)22(12)2;/h10H,4-9,11H2,1-3H3,(H2,19,20,21);1H. The number of unbranched alkanes of at least 4 members (excludes halogenated alkanes) is 2. The molecule has 144 valence electrons. The predicted octanol–water partition coefficient (Wildman–Crippen LogP) is 3.74. The highest BCUT2D eigenvalue weighted by Gasteiger charge is 2.08. The maximum atomic E-state index is 11.0. The molecule has 1 heterocycles. The molecule has 9 heteroatoms. The molecule has 0 fully saturated rings. The van der Waals surface area contributed by atoms with Gasteiger partial charge in [0.25, 0.3) is 0 Å². The van der Waals surface area contributed by atoms with Crippen LogP contribution in [-0.2, 0) is 23.1 Å². The SMILES string of the molecule is CCNC(=NCc1cc(Cl)c(Cl)n1C)NCCCCCC(=O)OC.I. The number of ether oxygens (including phenoxy) is 1. The minimum Gasteiger partial charge on any atom is -0.469 e. The zero-order chi connectivity index (χ0) is 17.9. The van der Waals surface area contributed by atoms with Crippen molar-refractivity contribution in [2.75, 3.05) is 20.2 Å². The summed E-state index contributed by atoms with van der Waals surface area (Å²) in [6, 6.07) is 1.82. The summed E-state index contributed by atoms with van der Waals surface area (Å²) >= 11 is 12.1. The summed E-state index contributed by atoms with van der Waals surface area (Å²) in [6.07, 6.45) is 3.23. The van der Waals surface area contributed by atoms with E-state index in [2.05, 4.69) is 20.4 Å². The summed E-state index contributed by atoms with van der Waals surface area (Å²) in [5, 5.41) is 7.54. The summed E-state index contributed by atoms with van der Waals surface area (Å²) in [6.45, 7) is 4.08. The van der Waals surface area contributed by atoms with Crippen molar-refractivity contribution in [3.05, 3.63) is 21.9 Å². The van der Waals surface area contributed by atoms with Crippen molar-refractivity contribution in [2.45, 2.75) is 39.2 Å². The van der Waals surface area contributed by atoms with E-state index in [9.17, 15) is 4.79 Å². The molecule has 1 rings (SSSR count). The highest BCUT2D eigenvalue weighted by atomic mass is 127. The fourth-order valence-corrected chi connectivity index (χ4v) is 2.54. The second-order valence-electron chi connectivity index (χ2n) is 5.34. The van der Waals surface area contributed by atoms with Crippen LogP contribution in [0.3, 0.4) is 0 Å². The van der Waals surface area contributed by atoms with E-state index in [1.165, 1.54) is 7.11 Å². The number of carbonyl (C=O) groups is 1. The molecule has 0 amide bonds. The fourth-order valence-electron chi connectivity index (χ4n) is 2.12. The molecular weight excluding hydrogens is 478 g/mol. The Bertz CT molecular complexity index is 565. The maximum absolute atomic E-state index is 11.0. The summed E-state index contributed by atoms with van der Waals surface area (Å²) < 4.78 is 6.44. The first-order valence-corrected chi connectivity index (χ1v) is 8.83. The van der Waals surface area contributed by atoms with E-state index in [0.29, 0.717) is 23.1 Å². The van der Waals surface area contributed by atoms with E-state index < -0.39 is 0 Å². The zero-order valence-corrected chi connectivity index (χ0v) is 18.7. The first-order valence-electron chi connectivity index (χ1n) is 8.08. The van der Waals surface area contributed by atoms with Gasteiger partial charge in [0, 0.05) is 32.3 Å². The number of nitrogens with zero attached hydrogens (tertiary/aromatic N) is 2. The average molecular weight is 505 g/mol. The molecule has 0 saturated heterocycles. The van der Waals surface area contributed by atoms with Gasteiger partial charge in [0.1, 0.15) is 5.15 Å². The molecule has 6 nitrogen and oxygen atoms in total. The predicted molar refractivity (Wildman–Crippen MR) is 114 cm³/mol. The number of rotatable bonds is 9. The third kappa shape index (κ3) is 9.01. The highest BCUT2D eigenvalue weighted by Crippen LogP contribution is 2.25. The number of carbonyl (C=O) groups excluding carboxylic acids is 1. The van der Waals surface area contributed by atoms with E-state index in [-0.39, 0.29) is 29.9 Å². The van der Waals surface area contributed by atoms with Crippen LogP contribution in [0.25, 0.3) is 0 Å². The lowest BCUT2D eigenvalue weighted by Gasteiger charge is -2.11. The van der Waals surface area contributed by atoms with E-state index in [0.717, 1.165) is 44.0 Å². The van der Waals surface area contributed by atoms with Gasteiger partial charge in [0.15, 0.2) is 5.96 Å². The van der Waals surface area contributed by atoms with Crippen molar-refractivity contribution in [2.24, 2.45) is 12.0 Å². The number of aliphatic imine (C=N–C) groups is 1. The van der Waals surface area contributed by atoms with Crippen molar-refractivity contribution in [1.82, 2.24) is 15.2 Å². The first kappa shape index (κ1) is 24.3. The average Bonchev–Trinajstić information content (AvgIpc) is 2.82. The Labute approximate surface area is 176 Å². The van der Waals surface area contributed by atoms with Gasteiger partial charge in [0.2, 0.25) is 0 Å². The lowest BCUT2D eigenvalue weighted by atomic mass is 10.2. The van der Waals surface area contributed by atoms with Gasteiger partial charge in [-0.15, -0.1) is 24.0 Å². The van der Waals surface area contributed by atoms with Gasteiger partial charge in [-0.2, -0.15) is 0 Å². The number of nitrogens with one attached hydrogen (secondary N) is 2. The number of aromatic nitrogens is 1. The molecule has 2 N–H and O–H groups in total. The summed E-state index contributed by atoms with van der Waals surface area (Å²) in [4.78, 5) is 15.6. The fraction of sp³-hybridized carbons (Fsp3) is 0.625. The topological polar surface area (TPSA) is 67.7 Å². The van der Waals surface area contributed by atoms with Crippen LogP contribution < -0.4 is 10.6 Å². The quantitative estimate of drug-likeness (QED) is 0.177. The molecule has 0 radical (unpaired) electrons. The van der Waals surface area contributed by atoms with Crippen LogP contribution in [0.5, 0.6) is 0 Å². The Morgan fingerprint density at radius 2 is 2.00 bits per heavy atom. The lowest BCUT2D eigenvalue weighted by Crippen LogP contribution is -2.37. The summed E-state index contributed by atoms with van der Waals surface area (Å²) in [5.41, 5.74) is 0.945. The smallest absolute Gasteiger partial charge is 0.305 e. The van der Waals surface area contributed by atoms with Crippen LogP contribution in [0.1, 0.15) is 38.3 Å². The van der Waals surface area contributed by atoms with Crippen molar-refractivity contribution in [3.63, 3.8) is 0 Å². The van der Waals surface area contributed by atoms with E-state index in [4.69, 9.17) is 23.2 Å². The molecule has 0 aliphatic carbocycles. The van der Waals surface area contributed by atoms with Crippen molar-refractivity contribution < 1.29 is 9.53 Å².